The Morgan fingerprint density at radius 3 is 2.72 bits per heavy atom. The van der Waals surface area contributed by atoms with Gasteiger partial charge in [0.05, 0.1) is 18.6 Å². The molecular weight excluding hydrogens is 318 g/mol. The number of amides is 2. The maximum Gasteiger partial charge on any atom is 0.230 e. The molecule has 3 rings (SSSR count). The van der Waals surface area contributed by atoms with E-state index in [0.717, 1.165) is 11.3 Å². The van der Waals surface area contributed by atoms with Crippen LogP contribution < -0.4 is 10.1 Å². The SMILES string of the molecule is CCOc1ccc(NC(=O)[C@H]2CC(=O)N(C)[C@H]2c2cccnc2)cc1. The average molecular weight is 339 g/mol. The summed E-state index contributed by atoms with van der Waals surface area (Å²) in [6, 6.07) is 10.6. The third-order valence-corrected chi connectivity index (χ3v) is 4.38. The molecule has 1 aromatic heterocycles. The van der Waals surface area contributed by atoms with Gasteiger partial charge in [-0.3, -0.25) is 14.6 Å². The fourth-order valence-electron chi connectivity index (χ4n) is 3.15. The van der Waals surface area contributed by atoms with Gasteiger partial charge in [-0.15, -0.1) is 0 Å². The van der Waals surface area contributed by atoms with Crippen LogP contribution >= 0.6 is 0 Å². The Morgan fingerprint density at radius 1 is 1.32 bits per heavy atom. The Bertz CT molecular complexity index is 746. The molecule has 0 unspecified atom stereocenters. The molecule has 2 heterocycles. The van der Waals surface area contributed by atoms with Crippen molar-refractivity contribution in [1.82, 2.24) is 9.88 Å². The monoisotopic (exact) mass is 339 g/mol. The number of carbonyl (C=O) groups is 2. The van der Waals surface area contributed by atoms with E-state index in [-0.39, 0.29) is 24.3 Å². The number of hydrogen-bond donors (Lipinski definition) is 1. The summed E-state index contributed by atoms with van der Waals surface area (Å²) in [7, 11) is 1.73. The van der Waals surface area contributed by atoms with Gasteiger partial charge in [0.25, 0.3) is 0 Å². The van der Waals surface area contributed by atoms with Gasteiger partial charge in [-0.1, -0.05) is 6.07 Å². The van der Waals surface area contributed by atoms with Gasteiger partial charge in [0.1, 0.15) is 5.75 Å². The van der Waals surface area contributed by atoms with E-state index in [2.05, 4.69) is 10.3 Å². The number of likely N-dealkylation sites (tertiary alicyclic amines) is 1. The molecule has 1 aliphatic heterocycles. The van der Waals surface area contributed by atoms with Gasteiger partial charge in [0.15, 0.2) is 0 Å². The molecule has 1 fully saturated rings. The van der Waals surface area contributed by atoms with E-state index >= 15 is 0 Å². The summed E-state index contributed by atoms with van der Waals surface area (Å²) < 4.78 is 5.40. The molecule has 1 aromatic carbocycles. The van der Waals surface area contributed by atoms with E-state index < -0.39 is 5.92 Å². The molecule has 6 nitrogen and oxygen atoms in total. The van der Waals surface area contributed by atoms with Crippen molar-refractivity contribution in [2.75, 3.05) is 19.0 Å². The number of aromatic nitrogens is 1. The number of carbonyl (C=O) groups excluding carboxylic acids is 2. The molecule has 1 N–H and O–H groups in total. The molecule has 0 spiro atoms. The Kier molecular flexibility index (Phi) is 4.97. The van der Waals surface area contributed by atoms with E-state index in [0.29, 0.717) is 12.3 Å². The van der Waals surface area contributed by atoms with E-state index in [1.54, 1.807) is 36.5 Å². The zero-order chi connectivity index (χ0) is 17.8. The van der Waals surface area contributed by atoms with Crippen LogP contribution in [0, 0.1) is 5.92 Å². The van der Waals surface area contributed by atoms with Crippen LogP contribution in [0.5, 0.6) is 5.75 Å². The molecule has 0 bridgehead atoms. The Hall–Kier alpha value is -2.89. The fraction of sp³-hybridized carbons (Fsp3) is 0.316. The number of benzene rings is 1. The zero-order valence-electron chi connectivity index (χ0n) is 14.3. The van der Waals surface area contributed by atoms with Crippen LogP contribution in [-0.4, -0.2) is 35.4 Å². The van der Waals surface area contributed by atoms with Crippen LogP contribution in [0.2, 0.25) is 0 Å². The van der Waals surface area contributed by atoms with Gasteiger partial charge < -0.3 is 15.0 Å². The zero-order valence-corrected chi connectivity index (χ0v) is 14.3. The molecule has 1 aliphatic rings. The summed E-state index contributed by atoms with van der Waals surface area (Å²) in [4.78, 5) is 30.6. The molecule has 0 radical (unpaired) electrons. The lowest BCUT2D eigenvalue weighted by Crippen LogP contribution is -2.30. The summed E-state index contributed by atoms with van der Waals surface area (Å²) in [6.07, 6.45) is 3.57. The van der Waals surface area contributed by atoms with Crippen LogP contribution in [0.4, 0.5) is 5.69 Å². The van der Waals surface area contributed by atoms with Crippen molar-refractivity contribution >= 4 is 17.5 Å². The van der Waals surface area contributed by atoms with Gasteiger partial charge in [-0.2, -0.15) is 0 Å². The highest BCUT2D eigenvalue weighted by atomic mass is 16.5. The number of hydrogen-bond acceptors (Lipinski definition) is 4. The van der Waals surface area contributed by atoms with Crippen molar-refractivity contribution < 1.29 is 14.3 Å². The number of nitrogens with one attached hydrogen (secondary N) is 1. The number of ether oxygens (including phenoxy) is 1. The molecule has 2 aromatic rings. The summed E-state index contributed by atoms with van der Waals surface area (Å²) in [5.74, 6) is 0.0918. The minimum atomic E-state index is -0.451. The summed E-state index contributed by atoms with van der Waals surface area (Å²) >= 11 is 0. The minimum Gasteiger partial charge on any atom is -0.494 e. The van der Waals surface area contributed by atoms with Gasteiger partial charge in [-0.05, 0) is 42.8 Å². The molecule has 0 saturated carbocycles. The van der Waals surface area contributed by atoms with Crippen molar-refractivity contribution in [3.63, 3.8) is 0 Å². The van der Waals surface area contributed by atoms with Crippen molar-refractivity contribution in [2.24, 2.45) is 5.92 Å². The Labute approximate surface area is 146 Å². The van der Waals surface area contributed by atoms with Crippen LogP contribution in [0.15, 0.2) is 48.8 Å². The third-order valence-electron chi connectivity index (χ3n) is 4.38. The average Bonchev–Trinajstić information content (AvgIpc) is 2.93. The van der Waals surface area contributed by atoms with E-state index in [1.807, 2.05) is 31.2 Å². The van der Waals surface area contributed by atoms with Crippen LogP contribution in [0.25, 0.3) is 0 Å². The predicted octanol–water partition coefficient (Wildman–Crippen LogP) is 2.64. The lowest BCUT2D eigenvalue weighted by molar-refractivity contribution is -0.127. The number of nitrogens with zero attached hydrogens (tertiary/aromatic N) is 2. The van der Waals surface area contributed by atoms with Crippen LogP contribution in [0.3, 0.4) is 0 Å². The second-order valence-corrected chi connectivity index (χ2v) is 5.99. The first kappa shape index (κ1) is 17.0. The standard InChI is InChI=1S/C19H21N3O3/c1-3-25-15-8-6-14(7-9-15)21-19(24)16-11-17(23)22(2)18(16)13-5-4-10-20-12-13/h4-10,12,16,18H,3,11H2,1-2H3,(H,21,24)/t16-,18-/m0/s1. The molecule has 2 amide bonds. The van der Waals surface area contributed by atoms with E-state index in [4.69, 9.17) is 4.74 Å². The second kappa shape index (κ2) is 7.34. The molecule has 2 atom stereocenters. The smallest absolute Gasteiger partial charge is 0.230 e. The maximum absolute atomic E-state index is 12.8. The van der Waals surface area contributed by atoms with Gasteiger partial charge >= 0.3 is 0 Å². The molecular formula is C19H21N3O3. The first-order valence-electron chi connectivity index (χ1n) is 8.29. The number of rotatable bonds is 5. The van der Waals surface area contributed by atoms with Crippen LogP contribution in [-0.2, 0) is 9.59 Å². The largest absolute Gasteiger partial charge is 0.494 e. The summed E-state index contributed by atoms with van der Waals surface area (Å²) in [5, 5.41) is 2.90. The third kappa shape index (κ3) is 3.63. The predicted molar refractivity (Wildman–Crippen MR) is 94.1 cm³/mol. The molecule has 6 heteroatoms. The highest BCUT2D eigenvalue weighted by Gasteiger charge is 2.42. The normalized spacial score (nSPS) is 19.8. The first-order valence-corrected chi connectivity index (χ1v) is 8.29. The van der Waals surface area contributed by atoms with Crippen molar-refractivity contribution in [3.8, 4) is 5.75 Å². The lowest BCUT2D eigenvalue weighted by Gasteiger charge is -2.24. The molecule has 130 valence electrons. The van der Waals surface area contributed by atoms with Gasteiger partial charge in [0.2, 0.25) is 11.8 Å². The second-order valence-electron chi connectivity index (χ2n) is 5.99. The molecule has 25 heavy (non-hydrogen) atoms. The number of pyridine rings is 1. The Morgan fingerprint density at radius 2 is 2.08 bits per heavy atom. The topological polar surface area (TPSA) is 71.5 Å². The Balaban J connectivity index is 1.76. The van der Waals surface area contributed by atoms with E-state index in [9.17, 15) is 9.59 Å². The quantitative estimate of drug-likeness (QED) is 0.909. The minimum absolute atomic E-state index is 0.0410. The number of anilines is 1. The van der Waals surface area contributed by atoms with Gasteiger partial charge in [-0.25, -0.2) is 0 Å². The van der Waals surface area contributed by atoms with E-state index in [1.165, 1.54) is 0 Å². The molecule has 1 saturated heterocycles. The van der Waals surface area contributed by atoms with Crippen molar-refractivity contribution in [2.45, 2.75) is 19.4 Å². The summed E-state index contributed by atoms with van der Waals surface area (Å²) in [6.45, 7) is 2.51. The van der Waals surface area contributed by atoms with Gasteiger partial charge in [0, 0.05) is 31.5 Å². The lowest BCUT2D eigenvalue weighted by atomic mass is 9.94. The highest BCUT2D eigenvalue weighted by molar-refractivity contribution is 5.97. The van der Waals surface area contributed by atoms with Crippen LogP contribution in [0.1, 0.15) is 24.9 Å². The summed E-state index contributed by atoms with van der Waals surface area (Å²) in [5.41, 5.74) is 1.54. The highest BCUT2D eigenvalue weighted by Crippen LogP contribution is 2.37. The first-order chi connectivity index (χ1) is 12.1. The van der Waals surface area contributed by atoms with Crippen molar-refractivity contribution in [3.05, 3.63) is 54.4 Å². The molecule has 0 aliphatic carbocycles. The maximum atomic E-state index is 12.8. The van der Waals surface area contributed by atoms with Crippen molar-refractivity contribution in [1.29, 1.82) is 0 Å². The fourth-order valence-corrected chi connectivity index (χ4v) is 3.15.